The first-order valence-electron chi connectivity index (χ1n) is 5.67. The highest BCUT2D eigenvalue weighted by molar-refractivity contribution is 7.78. The molecule has 1 aromatic carbocycles. The van der Waals surface area contributed by atoms with E-state index < -0.39 is 22.8 Å². The maximum Gasteiger partial charge on any atom is 0.417 e. The summed E-state index contributed by atoms with van der Waals surface area (Å²) in [6, 6.07) is 7.10. The molecule has 3 nitrogen and oxygen atoms in total. The Balaban J connectivity index is 2.39. The highest BCUT2D eigenvalue weighted by atomic mass is 35.5. The molecular weight excluding hydrogens is 327 g/mol. The van der Waals surface area contributed by atoms with E-state index in [4.69, 9.17) is 16.2 Å². The fourth-order valence-electron chi connectivity index (χ4n) is 1.73. The number of nitrogens with zero attached hydrogens (tertiary/aromatic N) is 1. The summed E-state index contributed by atoms with van der Waals surface area (Å²) in [4.78, 5) is 3.55. The number of benzene rings is 1. The molecule has 8 heteroatoms. The molecule has 0 aliphatic rings. The average Bonchev–Trinajstić information content (AvgIpc) is 2.38. The Labute approximate surface area is 126 Å². The molecule has 21 heavy (non-hydrogen) atoms. The van der Waals surface area contributed by atoms with Gasteiger partial charge in [0.25, 0.3) is 0 Å². The largest absolute Gasteiger partial charge is 0.417 e. The number of pyridine rings is 1. The lowest BCUT2D eigenvalue weighted by atomic mass is 10.0. The molecule has 2 rings (SSSR count). The van der Waals surface area contributed by atoms with Gasteiger partial charge in [-0.2, -0.15) is 13.2 Å². The molecule has 112 valence electrons. The summed E-state index contributed by atoms with van der Waals surface area (Å²) in [6.07, 6.45) is -3.82. The van der Waals surface area contributed by atoms with E-state index in [9.17, 15) is 17.4 Å². The van der Waals surface area contributed by atoms with Crippen LogP contribution in [0.4, 0.5) is 13.2 Å². The molecule has 1 atom stereocenters. The fraction of sp³-hybridized carbons (Fsp3) is 0.154. The van der Waals surface area contributed by atoms with Crippen LogP contribution in [0.3, 0.4) is 0 Å². The van der Waals surface area contributed by atoms with E-state index in [0.29, 0.717) is 17.3 Å². The summed E-state index contributed by atoms with van der Waals surface area (Å²) in [7, 11) is 0. The van der Waals surface area contributed by atoms with Crippen LogP contribution in [-0.4, -0.2) is 13.7 Å². The maximum absolute atomic E-state index is 12.7. The number of rotatable bonds is 3. The Morgan fingerprint density at radius 1 is 1.24 bits per heavy atom. The SMILES string of the molecule is O=S(O)Cc1ccc(-c2cc(C(F)(F)F)cnc2Cl)cc1. The van der Waals surface area contributed by atoms with Gasteiger partial charge >= 0.3 is 6.18 Å². The van der Waals surface area contributed by atoms with Crippen LogP contribution in [-0.2, 0) is 23.0 Å². The number of alkyl halides is 3. The molecular formula is C13H9ClF3NO2S. The van der Waals surface area contributed by atoms with Crippen LogP contribution in [0, 0.1) is 0 Å². The van der Waals surface area contributed by atoms with Crippen molar-refractivity contribution in [2.24, 2.45) is 0 Å². The minimum atomic E-state index is -4.50. The Morgan fingerprint density at radius 3 is 2.38 bits per heavy atom. The molecule has 0 amide bonds. The Bertz CT molecular complexity index is 674. The van der Waals surface area contributed by atoms with Crippen molar-refractivity contribution in [3.63, 3.8) is 0 Å². The van der Waals surface area contributed by atoms with Crippen molar-refractivity contribution in [2.75, 3.05) is 0 Å². The summed E-state index contributed by atoms with van der Waals surface area (Å²) in [6.45, 7) is 0. The van der Waals surface area contributed by atoms with E-state index in [-0.39, 0.29) is 16.5 Å². The third-order valence-electron chi connectivity index (χ3n) is 2.72. The number of halogens is 4. The topological polar surface area (TPSA) is 50.2 Å². The summed E-state index contributed by atoms with van der Waals surface area (Å²) >= 11 is 3.86. The van der Waals surface area contributed by atoms with Crippen LogP contribution >= 0.6 is 11.6 Å². The van der Waals surface area contributed by atoms with Crippen LogP contribution in [0.25, 0.3) is 11.1 Å². The van der Waals surface area contributed by atoms with Gasteiger partial charge in [-0.15, -0.1) is 0 Å². The van der Waals surface area contributed by atoms with Crippen LogP contribution in [0.15, 0.2) is 36.5 Å². The molecule has 2 aromatic rings. The lowest BCUT2D eigenvalue weighted by Gasteiger charge is -2.10. The Hall–Kier alpha value is -1.44. The van der Waals surface area contributed by atoms with E-state index >= 15 is 0 Å². The van der Waals surface area contributed by atoms with Gasteiger partial charge in [0.2, 0.25) is 0 Å². The Morgan fingerprint density at radius 2 is 1.86 bits per heavy atom. The zero-order chi connectivity index (χ0) is 15.6. The second-order valence-corrected chi connectivity index (χ2v) is 5.51. The van der Waals surface area contributed by atoms with E-state index in [1.807, 2.05) is 0 Å². The molecule has 0 aliphatic heterocycles. The van der Waals surface area contributed by atoms with Gasteiger partial charge in [0.15, 0.2) is 11.1 Å². The number of aromatic nitrogens is 1. The molecule has 0 saturated carbocycles. The molecule has 1 heterocycles. The standard InChI is InChI=1S/C13H9ClF3NO2S/c14-12-11(5-10(6-18-12)13(15,16)17)9-3-1-8(2-4-9)7-21(19)20/h1-6H,7H2,(H,19,20). The first kappa shape index (κ1) is 15.9. The first-order chi connectivity index (χ1) is 9.77. The van der Waals surface area contributed by atoms with E-state index in [1.54, 1.807) is 12.1 Å². The average molecular weight is 336 g/mol. The van der Waals surface area contributed by atoms with Gasteiger partial charge in [0, 0.05) is 11.8 Å². The minimum absolute atomic E-state index is 0.0403. The predicted octanol–water partition coefficient (Wildman–Crippen LogP) is 4.14. The van der Waals surface area contributed by atoms with Crippen molar-refractivity contribution in [3.05, 3.63) is 52.8 Å². The van der Waals surface area contributed by atoms with Gasteiger partial charge in [0.05, 0.1) is 11.3 Å². The monoisotopic (exact) mass is 335 g/mol. The first-order valence-corrected chi connectivity index (χ1v) is 7.32. The molecule has 0 saturated heterocycles. The van der Waals surface area contributed by atoms with Crippen molar-refractivity contribution in [3.8, 4) is 11.1 Å². The normalized spacial score (nSPS) is 13.2. The lowest BCUT2D eigenvalue weighted by Crippen LogP contribution is -2.06. The molecule has 0 radical (unpaired) electrons. The predicted molar refractivity (Wildman–Crippen MR) is 74.2 cm³/mol. The molecule has 1 unspecified atom stereocenters. The summed E-state index contributed by atoms with van der Waals surface area (Å²) in [5.74, 6) is -0.0468. The van der Waals surface area contributed by atoms with Gasteiger partial charge in [-0.05, 0) is 17.2 Å². The second kappa shape index (κ2) is 6.13. The third kappa shape index (κ3) is 4.03. The highest BCUT2D eigenvalue weighted by Gasteiger charge is 2.31. The highest BCUT2D eigenvalue weighted by Crippen LogP contribution is 2.34. The minimum Gasteiger partial charge on any atom is -0.306 e. The lowest BCUT2D eigenvalue weighted by molar-refractivity contribution is -0.137. The molecule has 1 aromatic heterocycles. The van der Waals surface area contributed by atoms with E-state index in [1.165, 1.54) is 12.1 Å². The maximum atomic E-state index is 12.7. The smallest absolute Gasteiger partial charge is 0.306 e. The van der Waals surface area contributed by atoms with Crippen molar-refractivity contribution in [2.45, 2.75) is 11.9 Å². The van der Waals surface area contributed by atoms with Crippen molar-refractivity contribution >= 4 is 22.7 Å². The van der Waals surface area contributed by atoms with Gasteiger partial charge in [-0.1, -0.05) is 35.9 Å². The fourth-order valence-corrected chi connectivity index (χ4v) is 2.42. The molecule has 0 spiro atoms. The van der Waals surface area contributed by atoms with Gasteiger partial charge in [-0.25, -0.2) is 9.19 Å². The number of hydrogen-bond acceptors (Lipinski definition) is 2. The van der Waals surface area contributed by atoms with Gasteiger partial charge in [-0.3, -0.25) is 0 Å². The zero-order valence-corrected chi connectivity index (χ0v) is 12.0. The van der Waals surface area contributed by atoms with E-state index in [2.05, 4.69) is 4.98 Å². The Kier molecular flexibility index (Phi) is 4.65. The second-order valence-electron chi connectivity index (χ2n) is 4.22. The molecule has 0 aliphatic carbocycles. The van der Waals surface area contributed by atoms with Gasteiger partial charge < -0.3 is 4.55 Å². The van der Waals surface area contributed by atoms with E-state index in [0.717, 1.165) is 6.07 Å². The molecule has 1 N–H and O–H groups in total. The quantitative estimate of drug-likeness (QED) is 0.677. The summed E-state index contributed by atoms with van der Waals surface area (Å²) < 4.78 is 57.5. The van der Waals surface area contributed by atoms with Crippen LogP contribution in [0.2, 0.25) is 5.15 Å². The van der Waals surface area contributed by atoms with Crippen LogP contribution in [0.1, 0.15) is 11.1 Å². The van der Waals surface area contributed by atoms with Crippen molar-refractivity contribution in [1.82, 2.24) is 4.98 Å². The molecule has 0 fully saturated rings. The van der Waals surface area contributed by atoms with Crippen LogP contribution in [0.5, 0.6) is 0 Å². The van der Waals surface area contributed by atoms with Crippen molar-refractivity contribution in [1.29, 1.82) is 0 Å². The van der Waals surface area contributed by atoms with Crippen molar-refractivity contribution < 1.29 is 21.9 Å². The third-order valence-corrected chi connectivity index (χ3v) is 3.60. The number of hydrogen-bond donors (Lipinski definition) is 1. The van der Waals surface area contributed by atoms with Gasteiger partial charge in [0.1, 0.15) is 5.15 Å². The summed E-state index contributed by atoms with van der Waals surface area (Å²) in [5, 5.41) is -0.0403. The molecule has 0 bridgehead atoms. The summed E-state index contributed by atoms with van der Waals surface area (Å²) in [5.41, 5.74) is 0.312. The van der Waals surface area contributed by atoms with Crippen LogP contribution < -0.4 is 0 Å². The zero-order valence-electron chi connectivity index (χ0n) is 10.4.